The second kappa shape index (κ2) is 11.8. The minimum atomic E-state index is -0.779. The number of likely N-dealkylation sites (tertiary alicyclic amines) is 1. The molecule has 2 heterocycles. The molecule has 0 unspecified atom stereocenters. The molecule has 5 rings (SSSR count). The Bertz CT molecular complexity index is 1230. The van der Waals surface area contributed by atoms with Crippen LogP contribution in [-0.4, -0.2) is 79.0 Å². The van der Waals surface area contributed by atoms with E-state index in [-0.39, 0.29) is 11.8 Å². The van der Waals surface area contributed by atoms with Gasteiger partial charge in [0, 0.05) is 39.4 Å². The van der Waals surface area contributed by atoms with E-state index in [9.17, 15) is 9.59 Å². The fourth-order valence-corrected chi connectivity index (χ4v) is 6.75. The third kappa shape index (κ3) is 5.01. The first-order valence-electron chi connectivity index (χ1n) is 14.6. The van der Waals surface area contributed by atoms with Gasteiger partial charge in [0.05, 0.1) is 6.67 Å². The van der Waals surface area contributed by atoms with Crippen molar-refractivity contribution >= 4 is 17.5 Å². The number of likely N-dealkylation sites (N-methyl/N-ethyl adjacent to an activating group) is 1. The van der Waals surface area contributed by atoms with E-state index in [0.29, 0.717) is 13.1 Å². The van der Waals surface area contributed by atoms with Gasteiger partial charge in [0.2, 0.25) is 11.8 Å². The van der Waals surface area contributed by atoms with E-state index in [4.69, 9.17) is 0 Å². The highest BCUT2D eigenvalue weighted by atomic mass is 16.2. The molecule has 2 saturated heterocycles. The molecule has 2 fully saturated rings. The van der Waals surface area contributed by atoms with Crippen LogP contribution < -0.4 is 4.90 Å². The normalized spacial score (nSPS) is 17.4. The molecule has 1 spiro atoms. The maximum atomic E-state index is 14.0. The van der Waals surface area contributed by atoms with Crippen LogP contribution in [0.1, 0.15) is 43.7 Å². The lowest BCUT2D eigenvalue weighted by Gasteiger charge is -2.44. The Hall–Kier alpha value is -3.64. The molecular formula is C34H42N4O2. The molecule has 0 bridgehead atoms. The molecule has 210 valence electrons. The van der Waals surface area contributed by atoms with Gasteiger partial charge in [-0.05, 0) is 55.5 Å². The van der Waals surface area contributed by atoms with Crippen molar-refractivity contribution in [3.8, 4) is 0 Å². The highest BCUT2D eigenvalue weighted by Crippen LogP contribution is 2.41. The first-order valence-corrected chi connectivity index (χ1v) is 14.6. The molecule has 0 N–H and O–H groups in total. The summed E-state index contributed by atoms with van der Waals surface area (Å²) in [4.78, 5) is 36.4. The van der Waals surface area contributed by atoms with Crippen LogP contribution in [0.5, 0.6) is 0 Å². The molecule has 0 radical (unpaired) electrons. The van der Waals surface area contributed by atoms with E-state index in [1.54, 1.807) is 4.90 Å². The largest absolute Gasteiger partial charge is 0.348 e. The number of benzene rings is 3. The predicted molar refractivity (Wildman–Crippen MR) is 161 cm³/mol. The molecule has 2 aliphatic heterocycles. The second-order valence-corrected chi connectivity index (χ2v) is 11.4. The Morgan fingerprint density at radius 1 is 0.825 bits per heavy atom. The van der Waals surface area contributed by atoms with Crippen LogP contribution in [0.2, 0.25) is 0 Å². The van der Waals surface area contributed by atoms with Gasteiger partial charge < -0.3 is 19.6 Å². The molecule has 6 heteroatoms. The monoisotopic (exact) mass is 538 g/mol. The standard InChI is InChI=1S/C34H42N4O2/c1-4-23-37-27-38(30-18-12-7-13-19-30)33(31(37)39)20-24-36(25-21-33)26-22-34(32(40)35(2)3,28-14-8-5-9-15-28)29-16-10-6-11-17-29/h5-19H,4,20-27H2,1-3H3. The number of nitrogens with zero attached hydrogens (tertiary/aromatic N) is 4. The maximum absolute atomic E-state index is 14.0. The van der Waals surface area contributed by atoms with Crippen molar-refractivity contribution in [1.82, 2.24) is 14.7 Å². The van der Waals surface area contributed by atoms with E-state index in [2.05, 4.69) is 65.3 Å². The van der Waals surface area contributed by atoms with Crippen molar-refractivity contribution < 1.29 is 9.59 Å². The van der Waals surface area contributed by atoms with Gasteiger partial charge in [0.15, 0.2) is 0 Å². The van der Waals surface area contributed by atoms with Gasteiger partial charge in [-0.2, -0.15) is 0 Å². The number of carbonyl (C=O) groups excluding carboxylic acids is 2. The number of para-hydroxylation sites is 1. The lowest BCUT2D eigenvalue weighted by molar-refractivity contribution is -0.133. The zero-order valence-electron chi connectivity index (χ0n) is 24.1. The summed E-state index contributed by atoms with van der Waals surface area (Å²) in [5, 5.41) is 0. The summed E-state index contributed by atoms with van der Waals surface area (Å²) in [6.07, 6.45) is 3.19. The summed E-state index contributed by atoms with van der Waals surface area (Å²) in [7, 11) is 3.69. The van der Waals surface area contributed by atoms with Crippen LogP contribution in [-0.2, 0) is 15.0 Å². The summed E-state index contributed by atoms with van der Waals surface area (Å²) in [6.45, 7) is 6.00. The first-order chi connectivity index (χ1) is 19.4. The lowest BCUT2D eigenvalue weighted by atomic mass is 9.70. The summed E-state index contributed by atoms with van der Waals surface area (Å²) >= 11 is 0. The third-order valence-corrected chi connectivity index (χ3v) is 8.87. The molecular weight excluding hydrogens is 496 g/mol. The van der Waals surface area contributed by atoms with Crippen molar-refractivity contribution in [1.29, 1.82) is 0 Å². The smallest absolute Gasteiger partial charge is 0.250 e. The molecule has 0 aliphatic carbocycles. The van der Waals surface area contributed by atoms with Gasteiger partial charge in [-0.3, -0.25) is 9.59 Å². The fourth-order valence-electron chi connectivity index (χ4n) is 6.75. The zero-order chi connectivity index (χ0) is 28.2. The van der Waals surface area contributed by atoms with Gasteiger partial charge in [0.25, 0.3) is 0 Å². The third-order valence-electron chi connectivity index (χ3n) is 8.87. The molecule has 40 heavy (non-hydrogen) atoms. The van der Waals surface area contributed by atoms with Crippen LogP contribution in [0, 0.1) is 0 Å². The summed E-state index contributed by atoms with van der Waals surface area (Å²) < 4.78 is 0. The fraction of sp³-hybridized carbons (Fsp3) is 0.412. The number of amides is 2. The average Bonchev–Trinajstić information content (AvgIpc) is 3.26. The second-order valence-electron chi connectivity index (χ2n) is 11.4. The molecule has 3 aromatic carbocycles. The molecule has 0 atom stereocenters. The molecule has 6 nitrogen and oxygen atoms in total. The van der Waals surface area contributed by atoms with Gasteiger partial charge >= 0.3 is 0 Å². The lowest BCUT2D eigenvalue weighted by Crippen LogP contribution is -2.57. The number of hydrogen-bond acceptors (Lipinski definition) is 4. The van der Waals surface area contributed by atoms with Gasteiger partial charge in [-0.25, -0.2) is 0 Å². The van der Waals surface area contributed by atoms with Crippen molar-refractivity contribution in [3.63, 3.8) is 0 Å². The Morgan fingerprint density at radius 3 is 1.85 bits per heavy atom. The van der Waals surface area contributed by atoms with Crippen molar-refractivity contribution in [2.45, 2.75) is 43.6 Å². The maximum Gasteiger partial charge on any atom is 0.250 e. The summed E-state index contributed by atoms with van der Waals surface area (Å²) in [5.41, 5.74) is 1.88. The molecule has 0 saturated carbocycles. The summed E-state index contributed by atoms with van der Waals surface area (Å²) in [5.74, 6) is 0.360. The molecule has 0 aromatic heterocycles. The van der Waals surface area contributed by atoms with Crippen LogP contribution in [0.25, 0.3) is 0 Å². The van der Waals surface area contributed by atoms with Crippen molar-refractivity contribution in [3.05, 3.63) is 102 Å². The van der Waals surface area contributed by atoms with Crippen LogP contribution in [0.4, 0.5) is 5.69 Å². The number of carbonyl (C=O) groups is 2. The Morgan fingerprint density at radius 2 is 1.35 bits per heavy atom. The van der Waals surface area contributed by atoms with E-state index in [1.807, 2.05) is 61.5 Å². The number of hydrogen-bond donors (Lipinski definition) is 0. The zero-order valence-corrected chi connectivity index (χ0v) is 24.1. The van der Waals surface area contributed by atoms with Crippen LogP contribution >= 0.6 is 0 Å². The highest BCUT2D eigenvalue weighted by molar-refractivity contribution is 5.94. The topological polar surface area (TPSA) is 47.1 Å². The van der Waals surface area contributed by atoms with Crippen LogP contribution in [0.15, 0.2) is 91.0 Å². The highest BCUT2D eigenvalue weighted by Gasteiger charge is 2.53. The van der Waals surface area contributed by atoms with E-state index < -0.39 is 11.0 Å². The van der Waals surface area contributed by atoms with Gasteiger partial charge in [-0.1, -0.05) is 85.8 Å². The van der Waals surface area contributed by atoms with Crippen molar-refractivity contribution in [2.75, 3.05) is 51.8 Å². The predicted octanol–water partition coefficient (Wildman–Crippen LogP) is 5.00. The Kier molecular flexibility index (Phi) is 8.27. The van der Waals surface area contributed by atoms with E-state index in [1.165, 1.54) is 0 Å². The number of piperidine rings is 1. The van der Waals surface area contributed by atoms with Gasteiger partial charge in [-0.15, -0.1) is 0 Å². The van der Waals surface area contributed by atoms with E-state index >= 15 is 0 Å². The number of rotatable bonds is 9. The minimum Gasteiger partial charge on any atom is -0.348 e. The Labute approximate surface area is 239 Å². The Balaban J connectivity index is 1.40. The van der Waals surface area contributed by atoms with Gasteiger partial charge in [0.1, 0.15) is 11.0 Å². The first kappa shape index (κ1) is 27.9. The number of anilines is 1. The molecule has 2 aliphatic rings. The van der Waals surface area contributed by atoms with E-state index in [0.717, 1.165) is 62.3 Å². The SMILES string of the molecule is CCCN1CN(c2ccccc2)C2(CCN(CCC(C(=O)N(C)C)(c3ccccc3)c3ccccc3)CC2)C1=O. The summed E-state index contributed by atoms with van der Waals surface area (Å²) in [6, 6.07) is 30.8. The quantitative estimate of drug-likeness (QED) is 0.385. The minimum absolute atomic E-state index is 0.0924. The molecule has 2 amide bonds. The van der Waals surface area contributed by atoms with Crippen LogP contribution in [0.3, 0.4) is 0 Å². The van der Waals surface area contributed by atoms with Crippen molar-refractivity contribution in [2.24, 2.45) is 0 Å². The molecule has 3 aromatic rings. The average molecular weight is 539 g/mol.